The Balaban J connectivity index is 2.01. The van der Waals surface area contributed by atoms with Gasteiger partial charge in [0.15, 0.2) is 0 Å². The number of amides is 2. The van der Waals surface area contributed by atoms with Gasteiger partial charge in [-0.2, -0.15) is 0 Å². The van der Waals surface area contributed by atoms with Crippen LogP contribution in [0.5, 0.6) is 5.75 Å². The maximum absolute atomic E-state index is 12.3. The fraction of sp³-hybridized carbons (Fsp3) is 0.357. The molecule has 2 aliphatic rings. The molecule has 1 aromatic carbocycles. The highest BCUT2D eigenvalue weighted by atomic mass is 16.4. The van der Waals surface area contributed by atoms with Crippen molar-refractivity contribution < 1.29 is 24.6 Å². The van der Waals surface area contributed by atoms with Gasteiger partial charge in [0.25, 0.3) is 0 Å². The number of anilines is 1. The van der Waals surface area contributed by atoms with Crippen LogP contribution in [-0.4, -0.2) is 28.0 Å². The third-order valence-electron chi connectivity index (χ3n) is 4.06. The molecule has 2 unspecified atom stereocenters. The average Bonchev–Trinajstić information content (AvgIpc) is 2.96. The van der Waals surface area contributed by atoms with Crippen LogP contribution in [0, 0.1) is 11.8 Å². The number of hydrogen-bond donors (Lipinski definition) is 2. The van der Waals surface area contributed by atoms with E-state index in [0.29, 0.717) is 12.8 Å². The van der Waals surface area contributed by atoms with Crippen LogP contribution in [0.15, 0.2) is 18.2 Å². The van der Waals surface area contributed by atoms with E-state index in [-0.39, 0.29) is 40.7 Å². The van der Waals surface area contributed by atoms with Gasteiger partial charge < -0.3 is 10.2 Å². The van der Waals surface area contributed by atoms with Gasteiger partial charge in [0, 0.05) is 0 Å². The standard InChI is InChI=1S/C14H13NO5/c16-11-5-4-7(6-10(11)14(19)20)15-12(17)8-2-1-3-9(8)13(15)18/h4-6,8-9,16H,1-3H2,(H,19,20). The lowest BCUT2D eigenvalue weighted by atomic mass is 10.00. The zero-order chi connectivity index (χ0) is 14.4. The van der Waals surface area contributed by atoms with E-state index in [1.807, 2.05) is 0 Å². The zero-order valence-corrected chi connectivity index (χ0v) is 10.6. The highest BCUT2D eigenvalue weighted by molar-refractivity contribution is 6.22. The molecule has 20 heavy (non-hydrogen) atoms. The number of aromatic carboxylic acids is 1. The molecule has 3 rings (SSSR count). The molecule has 0 bridgehead atoms. The first-order valence-electron chi connectivity index (χ1n) is 6.45. The summed E-state index contributed by atoms with van der Waals surface area (Å²) in [6.45, 7) is 0. The Hall–Kier alpha value is -2.37. The molecule has 2 fully saturated rings. The summed E-state index contributed by atoms with van der Waals surface area (Å²) in [5.41, 5.74) is -0.107. The molecule has 1 aromatic rings. The van der Waals surface area contributed by atoms with E-state index in [1.165, 1.54) is 12.1 Å². The first-order chi connectivity index (χ1) is 9.50. The Labute approximate surface area is 114 Å². The molecule has 1 heterocycles. The van der Waals surface area contributed by atoms with Gasteiger partial charge in [-0.25, -0.2) is 4.79 Å². The molecule has 104 valence electrons. The average molecular weight is 275 g/mol. The van der Waals surface area contributed by atoms with Crippen LogP contribution in [0.25, 0.3) is 0 Å². The lowest BCUT2D eigenvalue weighted by molar-refractivity contribution is -0.122. The molecule has 2 N–H and O–H groups in total. The maximum atomic E-state index is 12.3. The van der Waals surface area contributed by atoms with E-state index in [4.69, 9.17) is 5.11 Å². The fourth-order valence-electron chi connectivity index (χ4n) is 3.08. The summed E-state index contributed by atoms with van der Waals surface area (Å²) in [6.07, 6.45) is 2.28. The third-order valence-corrected chi connectivity index (χ3v) is 4.06. The molecule has 2 atom stereocenters. The van der Waals surface area contributed by atoms with Crippen molar-refractivity contribution >= 4 is 23.5 Å². The molecule has 0 spiro atoms. The highest BCUT2D eigenvalue weighted by Crippen LogP contribution is 2.42. The highest BCUT2D eigenvalue weighted by Gasteiger charge is 2.50. The Kier molecular flexibility index (Phi) is 2.74. The Morgan fingerprint density at radius 3 is 2.30 bits per heavy atom. The third kappa shape index (κ3) is 1.68. The molecule has 1 saturated heterocycles. The van der Waals surface area contributed by atoms with E-state index in [9.17, 15) is 19.5 Å². The Morgan fingerprint density at radius 2 is 1.75 bits per heavy atom. The molecule has 2 amide bonds. The van der Waals surface area contributed by atoms with Crippen molar-refractivity contribution in [1.29, 1.82) is 0 Å². The second-order valence-electron chi connectivity index (χ2n) is 5.16. The fourth-order valence-corrected chi connectivity index (χ4v) is 3.08. The van der Waals surface area contributed by atoms with Gasteiger partial charge in [-0.15, -0.1) is 0 Å². The number of carbonyl (C=O) groups is 3. The van der Waals surface area contributed by atoms with Gasteiger partial charge in [-0.1, -0.05) is 6.42 Å². The lowest BCUT2D eigenvalue weighted by Crippen LogP contribution is -2.31. The van der Waals surface area contributed by atoms with Crippen LogP contribution >= 0.6 is 0 Å². The number of carboxylic acids is 1. The quantitative estimate of drug-likeness (QED) is 0.795. The van der Waals surface area contributed by atoms with Gasteiger partial charge >= 0.3 is 5.97 Å². The van der Waals surface area contributed by atoms with Crippen molar-refractivity contribution in [2.24, 2.45) is 11.8 Å². The summed E-state index contributed by atoms with van der Waals surface area (Å²) >= 11 is 0. The number of aromatic hydroxyl groups is 1. The largest absolute Gasteiger partial charge is 0.507 e. The van der Waals surface area contributed by atoms with E-state index in [2.05, 4.69) is 0 Å². The smallest absolute Gasteiger partial charge is 0.339 e. The van der Waals surface area contributed by atoms with Gasteiger partial charge in [0.2, 0.25) is 11.8 Å². The molecule has 0 aromatic heterocycles. The molecular weight excluding hydrogens is 262 g/mol. The van der Waals surface area contributed by atoms with E-state index >= 15 is 0 Å². The second kappa shape index (κ2) is 4.33. The van der Waals surface area contributed by atoms with Crippen LogP contribution in [0.2, 0.25) is 0 Å². The second-order valence-corrected chi connectivity index (χ2v) is 5.16. The van der Waals surface area contributed by atoms with Gasteiger partial charge in [-0.05, 0) is 31.0 Å². The van der Waals surface area contributed by atoms with Crippen LogP contribution < -0.4 is 4.90 Å². The summed E-state index contributed by atoms with van der Waals surface area (Å²) in [7, 11) is 0. The van der Waals surface area contributed by atoms with Gasteiger partial charge in [0.1, 0.15) is 11.3 Å². The summed E-state index contributed by atoms with van der Waals surface area (Å²) in [5.74, 6) is -2.77. The van der Waals surface area contributed by atoms with Crippen LogP contribution in [0.4, 0.5) is 5.69 Å². The van der Waals surface area contributed by atoms with Crippen molar-refractivity contribution in [3.63, 3.8) is 0 Å². The van der Waals surface area contributed by atoms with Crippen molar-refractivity contribution in [1.82, 2.24) is 0 Å². The zero-order valence-electron chi connectivity index (χ0n) is 10.6. The summed E-state index contributed by atoms with van der Waals surface area (Å²) in [4.78, 5) is 36.6. The number of benzene rings is 1. The lowest BCUT2D eigenvalue weighted by Gasteiger charge is -2.16. The predicted octanol–water partition coefficient (Wildman–Crippen LogP) is 1.38. The molecule has 0 radical (unpaired) electrons. The predicted molar refractivity (Wildman–Crippen MR) is 68.4 cm³/mol. The number of nitrogens with zero attached hydrogens (tertiary/aromatic N) is 1. The van der Waals surface area contributed by atoms with Gasteiger partial charge in [-0.3, -0.25) is 14.5 Å². The number of hydrogen-bond acceptors (Lipinski definition) is 4. The number of rotatable bonds is 2. The molecule has 6 nitrogen and oxygen atoms in total. The number of fused-ring (bicyclic) bond motifs is 1. The van der Waals surface area contributed by atoms with E-state index in [1.54, 1.807) is 0 Å². The van der Waals surface area contributed by atoms with Crippen LogP contribution in [-0.2, 0) is 9.59 Å². The maximum Gasteiger partial charge on any atom is 0.339 e. The van der Waals surface area contributed by atoms with Crippen LogP contribution in [0.1, 0.15) is 29.6 Å². The minimum absolute atomic E-state index is 0.213. The first kappa shape index (κ1) is 12.7. The molecule has 6 heteroatoms. The topological polar surface area (TPSA) is 94.9 Å². The minimum atomic E-state index is -1.30. The monoisotopic (exact) mass is 275 g/mol. The van der Waals surface area contributed by atoms with Crippen molar-refractivity contribution in [2.45, 2.75) is 19.3 Å². The number of carbonyl (C=O) groups excluding carboxylic acids is 2. The van der Waals surface area contributed by atoms with Gasteiger partial charge in [0.05, 0.1) is 17.5 Å². The molecule has 1 saturated carbocycles. The molecule has 1 aliphatic carbocycles. The van der Waals surface area contributed by atoms with Crippen LogP contribution in [0.3, 0.4) is 0 Å². The van der Waals surface area contributed by atoms with E-state index in [0.717, 1.165) is 17.4 Å². The number of carboxylic acid groups (broad SMARTS) is 1. The number of imide groups is 1. The summed E-state index contributed by atoms with van der Waals surface area (Å²) < 4.78 is 0. The minimum Gasteiger partial charge on any atom is -0.507 e. The first-order valence-corrected chi connectivity index (χ1v) is 6.45. The Bertz CT molecular complexity index is 602. The van der Waals surface area contributed by atoms with Crippen molar-refractivity contribution in [3.8, 4) is 5.75 Å². The number of phenols is 1. The SMILES string of the molecule is O=C(O)c1cc(N2C(=O)C3CCCC3C2=O)ccc1O. The molecular formula is C14H13NO5. The molecule has 1 aliphatic heterocycles. The van der Waals surface area contributed by atoms with E-state index < -0.39 is 5.97 Å². The summed E-state index contributed by atoms with van der Waals surface area (Å²) in [6, 6.07) is 3.74. The normalized spacial score (nSPS) is 25.1. The van der Waals surface area contributed by atoms with Crippen molar-refractivity contribution in [2.75, 3.05) is 4.90 Å². The van der Waals surface area contributed by atoms with Crippen molar-refractivity contribution in [3.05, 3.63) is 23.8 Å². The Morgan fingerprint density at radius 1 is 1.15 bits per heavy atom. The summed E-state index contributed by atoms with van der Waals surface area (Å²) in [5, 5.41) is 18.4.